The van der Waals surface area contributed by atoms with Crippen LogP contribution >= 0.6 is 0 Å². The number of methoxy groups -OCH3 is 1. The van der Waals surface area contributed by atoms with Crippen LogP contribution in [0, 0.1) is 5.41 Å². The van der Waals surface area contributed by atoms with Gasteiger partial charge in [-0.05, 0) is 45.4 Å². The van der Waals surface area contributed by atoms with Gasteiger partial charge in [-0.25, -0.2) is 4.68 Å². The Hall–Kier alpha value is -0.940. The van der Waals surface area contributed by atoms with Crippen LogP contribution in [0.25, 0.3) is 0 Å². The highest BCUT2D eigenvalue weighted by Crippen LogP contribution is 2.48. The monoisotopic (exact) mass is 266 g/mol. The van der Waals surface area contributed by atoms with Gasteiger partial charge in [-0.15, -0.1) is 5.10 Å². The summed E-state index contributed by atoms with van der Waals surface area (Å²) in [4.78, 5) is 0. The first-order valence-electron chi connectivity index (χ1n) is 7.07. The van der Waals surface area contributed by atoms with Crippen molar-refractivity contribution in [3.05, 3.63) is 11.9 Å². The first-order chi connectivity index (χ1) is 8.95. The second kappa shape index (κ2) is 5.59. The van der Waals surface area contributed by atoms with Crippen LogP contribution in [-0.2, 0) is 16.8 Å². The van der Waals surface area contributed by atoms with Crippen molar-refractivity contribution in [2.24, 2.45) is 5.41 Å². The van der Waals surface area contributed by atoms with Crippen molar-refractivity contribution >= 4 is 0 Å². The predicted octanol–water partition coefficient (Wildman–Crippen LogP) is 1.94. The van der Waals surface area contributed by atoms with Gasteiger partial charge in [0.25, 0.3) is 0 Å². The average Bonchev–Trinajstić information content (AvgIpc) is 2.92. The largest absolute Gasteiger partial charge is 0.385 e. The second-order valence-electron chi connectivity index (χ2n) is 6.67. The summed E-state index contributed by atoms with van der Waals surface area (Å²) in [6, 6.07) is 0. The maximum absolute atomic E-state index is 5.17. The zero-order valence-electron chi connectivity index (χ0n) is 12.6. The third-order valence-corrected chi connectivity index (χ3v) is 3.83. The third-order valence-electron chi connectivity index (χ3n) is 3.83. The number of nitrogens with one attached hydrogen (secondary N) is 1. The number of hydrogen-bond acceptors (Lipinski definition) is 4. The van der Waals surface area contributed by atoms with Gasteiger partial charge in [0, 0.05) is 26.8 Å². The highest BCUT2D eigenvalue weighted by molar-refractivity contribution is 4.98. The first-order valence-corrected chi connectivity index (χ1v) is 7.07. The lowest BCUT2D eigenvalue weighted by Gasteiger charge is -2.17. The summed E-state index contributed by atoms with van der Waals surface area (Å²) in [5.74, 6) is 0. The Balaban J connectivity index is 1.76. The molecule has 0 amide bonds. The van der Waals surface area contributed by atoms with Crippen LogP contribution in [-0.4, -0.2) is 35.3 Å². The van der Waals surface area contributed by atoms with Gasteiger partial charge in [-0.1, -0.05) is 5.21 Å². The van der Waals surface area contributed by atoms with E-state index in [0.29, 0.717) is 5.41 Å². The molecular formula is C14H26N4O. The second-order valence-corrected chi connectivity index (χ2v) is 6.67. The third kappa shape index (κ3) is 4.01. The molecule has 0 aliphatic heterocycles. The molecule has 0 atom stereocenters. The molecule has 0 unspecified atom stereocenters. The fourth-order valence-electron chi connectivity index (χ4n) is 2.17. The van der Waals surface area contributed by atoms with Crippen LogP contribution in [0.15, 0.2) is 6.20 Å². The van der Waals surface area contributed by atoms with E-state index < -0.39 is 0 Å². The van der Waals surface area contributed by atoms with Crippen LogP contribution < -0.4 is 5.32 Å². The van der Waals surface area contributed by atoms with Crippen molar-refractivity contribution in [3.63, 3.8) is 0 Å². The van der Waals surface area contributed by atoms with Crippen LogP contribution in [0.3, 0.4) is 0 Å². The molecule has 1 aromatic rings. The van der Waals surface area contributed by atoms with E-state index in [1.165, 1.54) is 12.8 Å². The van der Waals surface area contributed by atoms with Crippen molar-refractivity contribution in [2.45, 2.75) is 52.1 Å². The SMILES string of the molecule is COCCC1(CNCc2cn(C(C)(C)C)nn2)CC1. The molecule has 0 aromatic carbocycles. The highest BCUT2D eigenvalue weighted by atomic mass is 16.5. The van der Waals surface area contributed by atoms with Gasteiger partial charge in [-0.2, -0.15) is 0 Å². The lowest BCUT2D eigenvalue weighted by atomic mass is 10.0. The lowest BCUT2D eigenvalue weighted by molar-refractivity contribution is 0.171. The van der Waals surface area contributed by atoms with E-state index in [1.807, 2.05) is 10.9 Å². The lowest BCUT2D eigenvalue weighted by Crippen LogP contribution is -2.25. The molecule has 1 aromatic heterocycles. The van der Waals surface area contributed by atoms with Gasteiger partial charge in [0.1, 0.15) is 0 Å². The zero-order valence-corrected chi connectivity index (χ0v) is 12.6. The minimum Gasteiger partial charge on any atom is -0.385 e. The molecule has 0 radical (unpaired) electrons. The van der Waals surface area contributed by atoms with E-state index in [-0.39, 0.29) is 5.54 Å². The molecule has 1 aliphatic carbocycles. The summed E-state index contributed by atoms with van der Waals surface area (Å²) in [6.45, 7) is 9.10. The number of rotatable bonds is 7. The van der Waals surface area contributed by atoms with Crippen molar-refractivity contribution in [1.82, 2.24) is 20.3 Å². The van der Waals surface area contributed by atoms with Crippen molar-refractivity contribution in [2.75, 3.05) is 20.3 Å². The maximum Gasteiger partial charge on any atom is 0.0965 e. The molecule has 0 bridgehead atoms. The number of hydrogen-bond donors (Lipinski definition) is 1. The molecule has 1 fully saturated rings. The smallest absolute Gasteiger partial charge is 0.0965 e. The van der Waals surface area contributed by atoms with Crippen LogP contribution in [0.4, 0.5) is 0 Å². The molecule has 1 heterocycles. The van der Waals surface area contributed by atoms with Crippen LogP contribution in [0.5, 0.6) is 0 Å². The number of ether oxygens (including phenoxy) is 1. The summed E-state index contributed by atoms with van der Waals surface area (Å²) in [7, 11) is 1.77. The summed E-state index contributed by atoms with van der Waals surface area (Å²) in [6.07, 6.45) is 5.82. The van der Waals surface area contributed by atoms with Gasteiger partial charge in [0.15, 0.2) is 0 Å². The minimum absolute atomic E-state index is 0.00142. The Morgan fingerprint density at radius 2 is 2.16 bits per heavy atom. The fourth-order valence-corrected chi connectivity index (χ4v) is 2.17. The minimum atomic E-state index is 0.00142. The molecule has 5 nitrogen and oxygen atoms in total. The normalized spacial score (nSPS) is 17.7. The summed E-state index contributed by atoms with van der Waals surface area (Å²) >= 11 is 0. The molecule has 1 N–H and O–H groups in total. The van der Waals surface area contributed by atoms with Gasteiger partial charge >= 0.3 is 0 Å². The molecule has 0 spiro atoms. The zero-order chi connectivity index (χ0) is 13.9. The van der Waals surface area contributed by atoms with E-state index in [1.54, 1.807) is 7.11 Å². The van der Waals surface area contributed by atoms with E-state index in [9.17, 15) is 0 Å². The first kappa shape index (κ1) is 14.5. The Morgan fingerprint density at radius 1 is 1.42 bits per heavy atom. The summed E-state index contributed by atoms with van der Waals surface area (Å²) < 4.78 is 7.09. The van der Waals surface area contributed by atoms with Gasteiger partial charge < -0.3 is 10.1 Å². The van der Waals surface area contributed by atoms with Crippen LogP contribution in [0.1, 0.15) is 45.7 Å². The van der Waals surface area contributed by atoms with Crippen molar-refractivity contribution in [1.29, 1.82) is 0 Å². The Morgan fingerprint density at radius 3 is 2.68 bits per heavy atom. The molecular weight excluding hydrogens is 240 g/mol. The molecule has 5 heteroatoms. The van der Waals surface area contributed by atoms with Crippen LogP contribution in [0.2, 0.25) is 0 Å². The quantitative estimate of drug-likeness (QED) is 0.819. The van der Waals surface area contributed by atoms with E-state index in [4.69, 9.17) is 4.74 Å². The molecule has 108 valence electrons. The Kier molecular flexibility index (Phi) is 4.26. The molecule has 19 heavy (non-hydrogen) atoms. The highest BCUT2D eigenvalue weighted by Gasteiger charge is 2.41. The summed E-state index contributed by atoms with van der Waals surface area (Å²) in [5, 5.41) is 11.9. The van der Waals surface area contributed by atoms with E-state index in [2.05, 4.69) is 36.4 Å². The number of nitrogens with zero attached hydrogens (tertiary/aromatic N) is 3. The standard InChI is InChI=1S/C14H26N4O/c1-13(2,3)18-10-12(16-17-18)9-15-11-14(5-6-14)7-8-19-4/h10,15H,5-9,11H2,1-4H3. The van der Waals surface area contributed by atoms with Crippen molar-refractivity contribution in [3.8, 4) is 0 Å². The Bertz CT molecular complexity index is 404. The predicted molar refractivity (Wildman–Crippen MR) is 74.9 cm³/mol. The Labute approximate surface area is 115 Å². The number of aromatic nitrogens is 3. The topological polar surface area (TPSA) is 52.0 Å². The van der Waals surface area contributed by atoms with Crippen molar-refractivity contribution < 1.29 is 4.74 Å². The van der Waals surface area contributed by atoms with Gasteiger partial charge in [-0.3, -0.25) is 0 Å². The summed E-state index contributed by atoms with van der Waals surface area (Å²) in [5.41, 5.74) is 1.50. The maximum atomic E-state index is 5.17. The molecule has 2 rings (SSSR count). The van der Waals surface area contributed by atoms with E-state index in [0.717, 1.165) is 31.8 Å². The molecule has 1 aliphatic rings. The van der Waals surface area contributed by atoms with E-state index >= 15 is 0 Å². The molecule has 0 saturated heterocycles. The van der Waals surface area contributed by atoms with Gasteiger partial charge in [0.05, 0.1) is 17.4 Å². The average molecular weight is 266 g/mol. The van der Waals surface area contributed by atoms with Gasteiger partial charge in [0.2, 0.25) is 0 Å². The fraction of sp³-hybridized carbons (Fsp3) is 0.857. The molecule has 1 saturated carbocycles.